The first-order valence-electron chi connectivity index (χ1n) is 8.97. The normalized spacial score (nSPS) is 16.9. The minimum Gasteiger partial charge on any atom is -0.494 e. The van der Waals surface area contributed by atoms with Gasteiger partial charge in [-0.15, -0.1) is 0 Å². The summed E-state index contributed by atoms with van der Waals surface area (Å²) in [6.45, 7) is 3.52. The molecule has 1 aliphatic rings. The topological polar surface area (TPSA) is 58.6 Å². The number of carbonyl (C=O) groups is 2. The lowest BCUT2D eigenvalue weighted by Crippen LogP contribution is -2.52. The lowest BCUT2D eigenvalue weighted by Gasteiger charge is -2.35. The zero-order valence-corrected chi connectivity index (χ0v) is 15.0. The van der Waals surface area contributed by atoms with E-state index >= 15 is 0 Å². The lowest BCUT2D eigenvalue weighted by atomic mass is 10.0. The molecule has 0 bridgehead atoms. The largest absolute Gasteiger partial charge is 0.494 e. The van der Waals surface area contributed by atoms with Crippen LogP contribution in [0.4, 0.5) is 0 Å². The van der Waals surface area contributed by atoms with E-state index in [-0.39, 0.29) is 11.8 Å². The number of rotatable bonds is 6. The van der Waals surface area contributed by atoms with Crippen molar-refractivity contribution in [1.82, 2.24) is 10.2 Å². The van der Waals surface area contributed by atoms with E-state index < -0.39 is 6.04 Å². The van der Waals surface area contributed by atoms with E-state index in [1.807, 2.05) is 61.5 Å². The van der Waals surface area contributed by atoms with Crippen LogP contribution in [0.1, 0.15) is 30.0 Å². The predicted molar refractivity (Wildman–Crippen MR) is 99.8 cm³/mol. The van der Waals surface area contributed by atoms with E-state index in [9.17, 15) is 9.59 Å². The highest BCUT2D eigenvalue weighted by molar-refractivity contribution is 5.89. The average Bonchev–Trinajstić information content (AvgIpc) is 2.65. The first kappa shape index (κ1) is 18.0. The molecule has 2 amide bonds. The maximum absolute atomic E-state index is 12.7. The van der Waals surface area contributed by atoms with Gasteiger partial charge in [0, 0.05) is 19.5 Å². The van der Waals surface area contributed by atoms with Crippen LogP contribution in [0.3, 0.4) is 0 Å². The molecule has 2 aromatic rings. The Balaban J connectivity index is 1.56. The molecule has 0 unspecified atom stereocenters. The molecular weight excluding hydrogens is 328 g/mol. The number of hydrogen-bond donors (Lipinski definition) is 1. The van der Waals surface area contributed by atoms with Crippen molar-refractivity contribution in [3.63, 3.8) is 0 Å². The standard InChI is InChI=1S/C21H24N2O3/c1-16-7-5-10-18(15-16)26-14-6-11-19(24)23-13-12-22-21(25)20(23)17-8-3-2-4-9-17/h2-5,7-10,15,20H,6,11-14H2,1H3,(H,22,25)/t20-/m0/s1. The number of nitrogens with one attached hydrogen (secondary N) is 1. The van der Waals surface area contributed by atoms with Gasteiger partial charge in [0.1, 0.15) is 11.8 Å². The van der Waals surface area contributed by atoms with Crippen LogP contribution >= 0.6 is 0 Å². The molecule has 136 valence electrons. The van der Waals surface area contributed by atoms with Gasteiger partial charge in [0.2, 0.25) is 11.8 Å². The number of hydrogen-bond acceptors (Lipinski definition) is 3. The van der Waals surface area contributed by atoms with Gasteiger partial charge < -0.3 is 15.0 Å². The lowest BCUT2D eigenvalue weighted by molar-refractivity contribution is -0.143. The van der Waals surface area contributed by atoms with E-state index in [2.05, 4.69) is 5.32 Å². The van der Waals surface area contributed by atoms with Crippen LogP contribution in [-0.2, 0) is 9.59 Å². The smallest absolute Gasteiger partial charge is 0.247 e. The fourth-order valence-electron chi connectivity index (χ4n) is 3.16. The van der Waals surface area contributed by atoms with Gasteiger partial charge in [0.05, 0.1) is 6.61 Å². The molecule has 1 saturated heterocycles. The third-order valence-electron chi connectivity index (χ3n) is 4.44. The number of carbonyl (C=O) groups excluding carboxylic acids is 2. The van der Waals surface area contributed by atoms with Crippen LogP contribution in [0.25, 0.3) is 0 Å². The van der Waals surface area contributed by atoms with E-state index in [1.165, 1.54) is 0 Å². The van der Waals surface area contributed by atoms with Gasteiger partial charge in [-0.25, -0.2) is 0 Å². The zero-order valence-electron chi connectivity index (χ0n) is 15.0. The molecule has 0 spiro atoms. The molecule has 0 aromatic heterocycles. The highest BCUT2D eigenvalue weighted by Gasteiger charge is 2.33. The number of aryl methyl sites for hydroxylation is 1. The summed E-state index contributed by atoms with van der Waals surface area (Å²) in [5, 5.41) is 2.85. The van der Waals surface area contributed by atoms with Crippen molar-refractivity contribution < 1.29 is 14.3 Å². The van der Waals surface area contributed by atoms with Crippen molar-refractivity contribution in [3.05, 3.63) is 65.7 Å². The third kappa shape index (κ3) is 4.42. The van der Waals surface area contributed by atoms with Gasteiger partial charge in [-0.3, -0.25) is 9.59 Å². The third-order valence-corrected chi connectivity index (χ3v) is 4.44. The minimum absolute atomic E-state index is 0.0125. The number of piperazine rings is 1. The predicted octanol–water partition coefficient (Wildman–Crippen LogP) is 2.85. The maximum Gasteiger partial charge on any atom is 0.247 e. The molecule has 0 aliphatic carbocycles. The number of amides is 2. The Labute approximate surface area is 154 Å². The molecule has 1 aliphatic heterocycles. The second kappa shape index (κ2) is 8.52. The summed E-state index contributed by atoms with van der Waals surface area (Å²) in [5.41, 5.74) is 1.98. The molecule has 5 nitrogen and oxygen atoms in total. The monoisotopic (exact) mass is 352 g/mol. The van der Waals surface area contributed by atoms with Crippen LogP contribution < -0.4 is 10.1 Å². The van der Waals surface area contributed by atoms with Crippen molar-refractivity contribution in [1.29, 1.82) is 0 Å². The van der Waals surface area contributed by atoms with Crippen molar-refractivity contribution in [2.75, 3.05) is 19.7 Å². The summed E-state index contributed by atoms with van der Waals surface area (Å²) >= 11 is 0. The molecule has 26 heavy (non-hydrogen) atoms. The highest BCUT2D eigenvalue weighted by atomic mass is 16.5. The van der Waals surface area contributed by atoms with Crippen LogP contribution in [0.5, 0.6) is 5.75 Å². The molecule has 1 heterocycles. The Hall–Kier alpha value is -2.82. The summed E-state index contributed by atoms with van der Waals surface area (Å²) in [7, 11) is 0. The zero-order chi connectivity index (χ0) is 18.4. The molecule has 5 heteroatoms. The fraction of sp³-hybridized carbons (Fsp3) is 0.333. The Morgan fingerprint density at radius 1 is 1.19 bits per heavy atom. The molecule has 0 saturated carbocycles. The SMILES string of the molecule is Cc1cccc(OCCCC(=O)N2CCNC(=O)[C@@H]2c2ccccc2)c1. The summed E-state index contributed by atoms with van der Waals surface area (Å²) in [6.07, 6.45) is 0.981. The van der Waals surface area contributed by atoms with E-state index in [0.717, 1.165) is 16.9 Å². The van der Waals surface area contributed by atoms with Gasteiger partial charge in [-0.1, -0.05) is 42.5 Å². The van der Waals surface area contributed by atoms with Gasteiger partial charge in [0.25, 0.3) is 0 Å². The van der Waals surface area contributed by atoms with E-state index in [1.54, 1.807) is 4.90 Å². The average molecular weight is 352 g/mol. The Kier molecular flexibility index (Phi) is 5.89. The summed E-state index contributed by atoms with van der Waals surface area (Å²) in [4.78, 5) is 26.7. The van der Waals surface area contributed by atoms with E-state index in [4.69, 9.17) is 4.74 Å². The van der Waals surface area contributed by atoms with Crippen LogP contribution in [0.2, 0.25) is 0 Å². The minimum atomic E-state index is -0.546. The first-order chi connectivity index (χ1) is 12.6. The van der Waals surface area contributed by atoms with Crippen molar-refractivity contribution >= 4 is 11.8 Å². The molecule has 1 fully saturated rings. The summed E-state index contributed by atoms with van der Waals surface area (Å²) in [5.74, 6) is 0.685. The first-order valence-corrected chi connectivity index (χ1v) is 8.97. The number of ether oxygens (including phenoxy) is 1. The fourth-order valence-corrected chi connectivity index (χ4v) is 3.16. The van der Waals surface area contributed by atoms with Gasteiger partial charge in [0.15, 0.2) is 0 Å². The number of nitrogens with zero attached hydrogens (tertiary/aromatic N) is 1. The van der Waals surface area contributed by atoms with Crippen molar-refractivity contribution in [3.8, 4) is 5.75 Å². The van der Waals surface area contributed by atoms with Crippen molar-refractivity contribution in [2.45, 2.75) is 25.8 Å². The second-order valence-electron chi connectivity index (χ2n) is 6.46. The summed E-state index contributed by atoms with van der Waals surface area (Å²) < 4.78 is 5.71. The highest BCUT2D eigenvalue weighted by Crippen LogP contribution is 2.24. The molecule has 1 atom stereocenters. The molecular formula is C21H24N2O3. The second-order valence-corrected chi connectivity index (χ2v) is 6.46. The van der Waals surface area contributed by atoms with Crippen LogP contribution in [0, 0.1) is 6.92 Å². The molecule has 0 radical (unpaired) electrons. The van der Waals surface area contributed by atoms with Gasteiger partial charge in [-0.05, 0) is 36.6 Å². The molecule has 1 N–H and O–H groups in total. The van der Waals surface area contributed by atoms with Crippen LogP contribution in [-0.4, -0.2) is 36.4 Å². The Morgan fingerprint density at radius 3 is 2.77 bits per heavy atom. The molecule has 3 rings (SSSR count). The molecule has 2 aromatic carbocycles. The summed E-state index contributed by atoms with van der Waals surface area (Å²) in [6, 6.07) is 16.7. The maximum atomic E-state index is 12.7. The van der Waals surface area contributed by atoms with Gasteiger partial charge in [-0.2, -0.15) is 0 Å². The van der Waals surface area contributed by atoms with Gasteiger partial charge >= 0.3 is 0 Å². The Morgan fingerprint density at radius 2 is 2.00 bits per heavy atom. The quantitative estimate of drug-likeness (QED) is 0.814. The van der Waals surface area contributed by atoms with E-state index in [0.29, 0.717) is 32.5 Å². The number of benzene rings is 2. The van der Waals surface area contributed by atoms with Crippen molar-refractivity contribution in [2.24, 2.45) is 0 Å². The van der Waals surface area contributed by atoms with Crippen LogP contribution in [0.15, 0.2) is 54.6 Å². The Bertz CT molecular complexity index is 761.